The van der Waals surface area contributed by atoms with E-state index in [0.29, 0.717) is 45.0 Å². The van der Waals surface area contributed by atoms with Crippen molar-refractivity contribution >= 4 is 62.4 Å². The summed E-state index contributed by atoms with van der Waals surface area (Å²) in [6.07, 6.45) is 2.56. The number of carbonyl (C=O) groups is 2. The number of hydrogen-bond donors (Lipinski definition) is 6. The Balaban J connectivity index is 1.96. The fraction of sp³-hybridized carbons (Fsp3) is 0.294. The predicted octanol–water partition coefficient (Wildman–Crippen LogP) is 5.88. The number of aromatic nitrogens is 4. The van der Waals surface area contributed by atoms with E-state index in [1.54, 1.807) is 12.1 Å². The lowest BCUT2D eigenvalue weighted by atomic mass is 9.98. The number of aliphatic carboxylic acids is 2. The molecule has 0 unspecified atom stereocenters. The minimum atomic E-state index is -0.969. The van der Waals surface area contributed by atoms with Gasteiger partial charge in [-0.05, 0) is 85.2 Å². The summed E-state index contributed by atoms with van der Waals surface area (Å²) in [7, 11) is 0. The minimum Gasteiger partial charge on any atom is -0.481 e. The molecule has 0 aliphatic carbocycles. The normalized spacial score (nSPS) is 13.1. The fourth-order valence-electron chi connectivity index (χ4n) is 6.12. The molecule has 44 heavy (non-hydrogen) atoms. The van der Waals surface area contributed by atoms with Crippen LogP contribution in [0.25, 0.3) is 50.4 Å². The number of nitrogens with one attached hydrogen (secondary N) is 2. The molecule has 8 bridgehead atoms. The lowest BCUT2D eigenvalue weighted by Crippen LogP contribution is -1.98. The number of hydrogen-bond acceptors (Lipinski definition) is 6. The largest absolute Gasteiger partial charge is 0.481 e. The van der Waals surface area contributed by atoms with Crippen molar-refractivity contribution in [3.8, 4) is 0 Å². The smallest absolute Gasteiger partial charge is 0.303 e. The lowest BCUT2D eigenvalue weighted by Gasteiger charge is -2.06. The van der Waals surface area contributed by atoms with Gasteiger partial charge in [-0.2, -0.15) is 0 Å². The van der Waals surface area contributed by atoms with E-state index in [1.165, 1.54) is 0 Å². The Bertz CT molecular complexity index is 1930. The molecule has 0 aromatic carbocycles. The molecule has 0 radical (unpaired) electrons. The van der Waals surface area contributed by atoms with Gasteiger partial charge in [-0.15, -0.1) is 0 Å². The third kappa shape index (κ3) is 5.61. The van der Waals surface area contributed by atoms with Crippen LogP contribution in [-0.2, 0) is 22.6 Å². The monoisotopic (exact) mass is 596 g/mol. The summed E-state index contributed by atoms with van der Waals surface area (Å²) in [5, 5.41) is 39.8. The maximum absolute atomic E-state index is 11.6. The van der Waals surface area contributed by atoms with E-state index in [0.717, 1.165) is 50.8 Å². The van der Waals surface area contributed by atoms with Crippen molar-refractivity contribution in [2.75, 3.05) is 6.61 Å². The molecule has 0 saturated carbocycles. The summed E-state index contributed by atoms with van der Waals surface area (Å²) in [5.74, 6) is -1.91. The molecule has 10 nitrogen and oxygen atoms in total. The Hall–Kier alpha value is -4.80. The van der Waals surface area contributed by atoms with Crippen molar-refractivity contribution in [1.29, 1.82) is 0 Å². The lowest BCUT2D eigenvalue weighted by molar-refractivity contribution is -0.137. The summed E-state index contributed by atoms with van der Waals surface area (Å²) in [6, 6.07) is 7.45. The van der Waals surface area contributed by atoms with Gasteiger partial charge in [-0.3, -0.25) is 9.59 Å². The van der Waals surface area contributed by atoms with Gasteiger partial charge in [-0.1, -0.05) is 19.6 Å². The zero-order valence-corrected chi connectivity index (χ0v) is 25.0. The fourth-order valence-corrected chi connectivity index (χ4v) is 6.12. The van der Waals surface area contributed by atoms with Crippen LogP contribution in [0, 0.1) is 6.92 Å². The second-order valence-electron chi connectivity index (χ2n) is 11.0. The second kappa shape index (κ2) is 12.4. The molecule has 6 N–H and O–H groups in total. The number of carboxylic acids is 2. The summed E-state index contributed by atoms with van der Waals surface area (Å²) in [5.41, 5.74) is 11.4. The Morgan fingerprint density at radius 1 is 0.750 bits per heavy atom. The molecule has 5 rings (SSSR count). The number of fused-ring (bicyclic) bond motifs is 8. The molecule has 0 atom stereocenters. The van der Waals surface area contributed by atoms with E-state index >= 15 is 0 Å². The quantitative estimate of drug-likeness (QED) is 0.168. The average Bonchev–Trinajstić information content (AvgIpc) is 3.67. The summed E-state index contributed by atoms with van der Waals surface area (Å²) >= 11 is 0. The molecule has 228 valence electrons. The predicted molar refractivity (Wildman–Crippen MR) is 171 cm³/mol. The standard InChI is InChI=1S/C34H36N4O6/c1-5-19-17(3)25-11-28-20(6-2)23(15-39)31(37-28)12-26-18(4)21(7-9-33(41)42)29(36-26)14-30-22(8-10-34(43)44)24(16-40)32(38-30)13-27(19)35-25/h6,11-14,35,37,39-40H,2,5,7-10,15-16H2,1,3-4H3,(H,41,42)(H,43,44). The van der Waals surface area contributed by atoms with Crippen molar-refractivity contribution in [3.63, 3.8) is 0 Å². The maximum Gasteiger partial charge on any atom is 0.303 e. The van der Waals surface area contributed by atoms with Crippen molar-refractivity contribution in [2.24, 2.45) is 0 Å². The molecule has 5 heterocycles. The number of allylic oxidation sites excluding steroid dienone is 3. The van der Waals surface area contributed by atoms with Gasteiger partial charge in [0.1, 0.15) is 0 Å². The molecule has 0 spiro atoms. The molecule has 0 amide bonds. The van der Waals surface area contributed by atoms with E-state index in [2.05, 4.69) is 23.5 Å². The molecular weight excluding hydrogens is 560 g/mol. The highest BCUT2D eigenvalue weighted by Crippen LogP contribution is 2.38. The zero-order valence-electron chi connectivity index (χ0n) is 25.0. The topological polar surface area (TPSA) is 172 Å². The second-order valence-corrected chi connectivity index (χ2v) is 11.0. The molecule has 0 saturated heterocycles. The third-order valence-electron chi connectivity index (χ3n) is 8.45. The highest BCUT2D eigenvalue weighted by molar-refractivity contribution is 5.97. The van der Waals surface area contributed by atoms with Gasteiger partial charge in [0, 0.05) is 51.6 Å². The first kappa shape index (κ1) is 30.7. The number of aliphatic hydroxyl groups excluding tert-OH is 2. The molecule has 2 aliphatic rings. The maximum atomic E-state index is 11.6. The van der Waals surface area contributed by atoms with Crippen LogP contribution in [0.1, 0.15) is 84.6 Å². The highest BCUT2D eigenvalue weighted by Gasteiger charge is 2.24. The number of nitrogens with zero attached hydrogens (tertiary/aromatic N) is 2. The van der Waals surface area contributed by atoms with Crippen molar-refractivity contribution in [2.45, 2.75) is 59.5 Å². The molecule has 3 aromatic heterocycles. The van der Waals surface area contributed by atoms with Crippen LogP contribution in [0.5, 0.6) is 0 Å². The Kier molecular flexibility index (Phi) is 8.66. The van der Waals surface area contributed by atoms with Crippen LogP contribution < -0.4 is 0 Å². The molecule has 3 aromatic rings. The van der Waals surface area contributed by atoms with E-state index in [4.69, 9.17) is 9.97 Å². The Morgan fingerprint density at radius 3 is 1.93 bits per heavy atom. The van der Waals surface area contributed by atoms with Crippen LogP contribution in [0.4, 0.5) is 0 Å². The van der Waals surface area contributed by atoms with Crippen LogP contribution in [0.3, 0.4) is 0 Å². The number of aryl methyl sites for hydroxylation is 2. The zero-order chi connectivity index (χ0) is 31.7. The number of aliphatic hydroxyl groups is 2. The van der Waals surface area contributed by atoms with Crippen LogP contribution in [-0.4, -0.2) is 58.9 Å². The number of aromatic amines is 2. The number of carboxylic acid groups (broad SMARTS) is 2. The highest BCUT2D eigenvalue weighted by atomic mass is 16.4. The molecule has 10 heteroatoms. The van der Waals surface area contributed by atoms with Gasteiger partial charge in [-0.25, -0.2) is 9.97 Å². The van der Waals surface area contributed by atoms with Gasteiger partial charge < -0.3 is 30.4 Å². The van der Waals surface area contributed by atoms with Gasteiger partial charge in [0.25, 0.3) is 0 Å². The SMILES string of the molecule is C=Cc1c(CO)c2cc3nc(cc4nc(cc5[nH]c(cc1[nH]2)c(C)c5CC)C(CO)=C4CCC(=O)O)C(CCC(=O)O)=C3C. The van der Waals surface area contributed by atoms with Crippen LogP contribution in [0.2, 0.25) is 0 Å². The van der Waals surface area contributed by atoms with E-state index in [1.807, 2.05) is 32.0 Å². The first-order valence-corrected chi connectivity index (χ1v) is 14.6. The third-order valence-corrected chi connectivity index (χ3v) is 8.45. The van der Waals surface area contributed by atoms with Crippen molar-refractivity contribution < 1.29 is 30.0 Å². The van der Waals surface area contributed by atoms with Gasteiger partial charge in [0.15, 0.2) is 0 Å². The van der Waals surface area contributed by atoms with Crippen molar-refractivity contribution in [3.05, 3.63) is 75.9 Å². The van der Waals surface area contributed by atoms with E-state index in [-0.39, 0.29) is 38.9 Å². The Labute approximate surface area is 254 Å². The van der Waals surface area contributed by atoms with Gasteiger partial charge in [0.05, 0.1) is 36.0 Å². The van der Waals surface area contributed by atoms with Crippen molar-refractivity contribution in [1.82, 2.24) is 19.9 Å². The summed E-state index contributed by atoms with van der Waals surface area (Å²) < 4.78 is 0. The molecule has 0 fully saturated rings. The molecule has 2 aliphatic heterocycles. The Morgan fingerprint density at radius 2 is 1.32 bits per heavy atom. The molecular formula is C34H36N4O6. The first-order chi connectivity index (χ1) is 21.1. The van der Waals surface area contributed by atoms with Crippen LogP contribution >= 0.6 is 0 Å². The van der Waals surface area contributed by atoms with E-state index < -0.39 is 11.9 Å². The number of rotatable bonds is 10. The minimum absolute atomic E-state index is 0.105. The first-order valence-electron chi connectivity index (χ1n) is 14.6. The van der Waals surface area contributed by atoms with Crippen LogP contribution in [0.15, 0.2) is 30.8 Å². The van der Waals surface area contributed by atoms with Gasteiger partial charge in [0.2, 0.25) is 0 Å². The average molecular weight is 597 g/mol. The number of H-pyrrole nitrogens is 2. The van der Waals surface area contributed by atoms with E-state index in [9.17, 15) is 30.0 Å². The summed E-state index contributed by atoms with van der Waals surface area (Å²) in [4.78, 5) is 39.8. The summed E-state index contributed by atoms with van der Waals surface area (Å²) in [6.45, 7) is 9.38. The van der Waals surface area contributed by atoms with Gasteiger partial charge >= 0.3 is 11.9 Å².